The molecule has 2 aliphatic rings. The first kappa shape index (κ1) is 14.3. The highest BCUT2D eigenvalue weighted by Gasteiger charge is 2.32. The van der Waals surface area contributed by atoms with Gasteiger partial charge in [0.05, 0.1) is 0 Å². The van der Waals surface area contributed by atoms with Gasteiger partial charge in [-0.3, -0.25) is 0 Å². The Kier molecular flexibility index (Phi) is 5.97. The molecular weight excluding hydrogens is 220 g/mol. The van der Waals surface area contributed by atoms with E-state index in [-0.39, 0.29) is 0 Å². The Hall–Kier alpha value is -0.0800. The molecular formula is C16H32N2. The molecule has 2 fully saturated rings. The van der Waals surface area contributed by atoms with E-state index in [1.807, 2.05) is 0 Å². The monoisotopic (exact) mass is 252 g/mol. The van der Waals surface area contributed by atoms with Gasteiger partial charge in [0.1, 0.15) is 0 Å². The van der Waals surface area contributed by atoms with Gasteiger partial charge >= 0.3 is 0 Å². The van der Waals surface area contributed by atoms with E-state index in [0.717, 1.165) is 17.9 Å². The maximum atomic E-state index is 3.78. The van der Waals surface area contributed by atoms with Gasteiger partial charge in [-0.25, -0.2) is 0 Å². The number of likely N-dealkylation sites (tertiary alicyclic amines) is 1. The molecule has 2 rings (SSSR count). The minimum Gasteiger partial charge on any atom is -0.312 e. The summed E-state index contributed by atoms with van der Waals surface area (Å²) in [5.41, 5.74) is 0. The molecule has 0 aromatic heterocycles. The Morgan fingerprint density at radius 3 is 2.61 bits per heavy atom. The molecule has 1 saturated heterocycles. The molecule has 0 aromatic rings. The predicted molar refractivity (Wildman–Crippen MR) is 78.9 cm³/mol. The van der Waals surface area contributed by atoms with Gasteiger partial charge in [0, 0.05) is 12.6 Å². The van der Waals surface area contributed by atoms with Crippen LogP contribution in [0.15, 0.2) is 0 Å². The molecule has 2 atom stereocenters. The minimum absolute atomic E-state index is 0.781. The first-order chi connectivity index (χ1) is 8.83. The first-order valence-corrected chi connectivity index (χ1v) is 8.29. The predicted octanol–water partition coefficient (Wildman–Crippen LogP) is 3.28. The molecule has 1 saturated carbocycles. The lowest BCUT2D eigenvalue weighted by molar-refractivity contribution is 0.235. The molecule has 1 aliphatic heterocycles. The topological polar surface area (TPSA) is 15.3 Å². The minimum atomic E-state index is 0.781. The average Bonchev–Trinajstić information content (AvgIpc) is 3.21. The van der Waals surface area contributed by atoms with Crippen molar-refractivity contribution in [2.24, 2.45) is 11.8 Å². The van der Waals surface area contributed by atoms with Crippen LogP contribution in [0.5, 0.6) is 0 Å². The van der Waals surface area contributed by atoms with Crippen molar-refractivity contribution in [3.63, 3.8) is 0 Å². The Labute approximate surface area is 114 Å². The van der Waals surface area contributed by atoms with Gasteiger partial charge in [-0.2, -0.15) is 0 Å². The van der Waals surface area contributed by atoms with Crippen molar-refractivity contribution in [3.05, 3.63) is 0 Å². The molecule has 1 N–H and O–H groups in total. The van der Waals surface area contributed by atoms with E-state index in [4.69, 9.17) is 0 Å². The van der Waals surface area contributed by atoms with Crippen LogP contribution < -0.4 is 5.32 Å². The van der Waals surface area contributed by atoms with Gasteiger partial charge in [-0.15, -0.1) is 0 Å². The highest BCUT2D eigenvalue weighted by molar-refractivity contribution is 4.89. The second-order valence-corrected chi connectivity index (χ2v) is 6.40. The van der Waals surface area contributed by atoms with Crippen molar-refractivity contribution >= 4 is 0 Å². The number of nitrogens with zero attached hydrogens (tertiary/aromatic N) is 1. The van der Waals surface area contributed by atoms with Crippen LogP contribution in [0.25, 0.3) is 0 Å². The van der Waals surface area contributed by atoms with E-state index in [1.165, 1.54) is 71.1 Å². The largest absolute Gasteiger partial charge is 0.312 e. The number of hydrogen-bond acceptors (Lipinski definition) is 2. The lowest BCUT2D eigenvalue weighted by atomic mass is 9.98. The summed E-state index contributed by atoms with van der Waals surface area (Å²) in [5, 5.41) is 3.78. The van der Waals surface area contributed by atoms with Crippen molar-refractivity contribution in [1.29, 1.82) is 0 Å². The lowest BCUT2D eigenvalue weighted by Gasteiger charge is -2.27. The Balaban J connectivity index is 1.75. The zero-order chi connectivity index (χ0) is 12.8. The van der Waals surface area contributed by atoms with E-state index >= 15 is 0 Å². The standard InChI is InChI=1S/C16H32N2/c1-3-10-17-16(15-7-8-15)13-18-11-5-6-14(4-2)9-12-18/h14-17H,3-13H2,1-2H3. The van der Waals surface area contributed by atoms with Crippen LogP contribution in [0.3, 0.4) is 0 Å². The molecule has 18 heavy (non-hydrogen) atoms. The molecule has 2 heteroatoms. The molecule has 106 valence electrons. The fraction of sp³-hybridized carbons (Fsp3) is 1.00. The number of nitrogens with one attached hydrogen (secondary N) is 1. The summed E-state index contributed by atoms with van der Waals surface area (Å²) in [6, 6.07) is 0.781. The Bertz CT molecular complexity index is 225. The van der Waals surface area contributed by atoms with Crippen LogP contribution in [0.2, 0.25) is 0 Å². The Morgan fingerprint density at radius 1 is 1.11 bits per heavy atom. The highest BCUT2D eigenvalue weighted by Crippen LogP contribution is 2.33. The summed E-state index contributed by atoms with van der Waals surface area (Å²) in [6.45, 7) is 9.82. The maximum absolute atomic E-state index is 3.78. The van der Waals surface area contributed by atoms with Gasteiger partial charge in [-0.1, -0.05) is 20.3 Å². The summed E-state index contributed by atoms with van der Waals surface area (Å²) < 4.78 is 0. The third kappa shape index (κ3) is 4.55. The van der Waals surface area contributed by atoms with Crippen molar-refractivity contribution in [2.45, 2.75) is 64.8 Å². The number of hydrogen-bond donors (Lipinski definition) is 1. The van der Waals surface area contributed by atoms with Crippen molar-refractivity contribution in [1.82, 2.24) is 10.2 Å². The van der Waals surface area contributed by atoms with E-state index in [9.17, 15) is 0 Å². The van der Waals surface area contributed by atoms with Gasteiger partial charge in [0.15, 0.2) is 0 Å². The van der Waals surface area contributed by atoms with Gasteiger partial charge in [0.25, 0.3) is 0 Å². The van der Waals surface area contributed by atoms with E-state index in [2.05, 4.69) is 24.1 Å². The molecule has 0 aromatic carbocycles. The molecule has 1 aliphatic carbocycles. The van der Waals surface area contributed by atoms with Gasteiger partial charge in [-0.05, 0) is 70.0 Å². The molecule has 0 spiro atoms. The smallest absolute Gasteiger partial charge is 0.0223 e. The second-order valence-electron chi connectivity index (χ2n) is 6.40. The zero-order valence-corrected chi connectivity index (χ0v) is 12.5. The van der Waals surface area contributed by atoms with Crippen molar-refractivity contribution < 1.29 is 0 Å². The van der Waals surface area contributed by atoms with Crippen LogP contribution in [0.4, 0.5) is 0 Å². The van der Waals surface area contributed by atoms with Gasteiger partial charge in [0.2, 0.25) is 0 Å². The summed E-state index contributed by atoms with van der Waals surface area (Å²) in [7, 11) is 0. The molecule has 2 unspecified atom stereocenters. The summed E-state index contributed by atoms with van der Waals surface area (Å²) in [4.78, 5) is 2.74. The highest BCUT2D eigenvalue weighted by atomic mass is 15.2. The normalized spacial score (nSPS) is 28.0. The first-order valence-electron chi connectivity index (χ1n) is 8.29. The fourth-order valence-electron chi connectivity index (χ4n) is 3.30. The third-order valence-electron chi connectivity index (χ3n) is 4.82. The molecule has 0 bridgehead atoms. The van der Waals surface area contributed by atoms with E-state index in [1.54, 1.807) is 0 Å². The lowest BCUT2D eigenvalue weighted by Crippen LogP contribution is -2.43. The third-order valence-corrected chi connectivity index (χ3v) is 4.82. The number of rotatable bonds is 7. The van der Waals surface area contributed by atoms with E-state index in [0.29, 0.717) is 0 Å². The van der Waals surface area contributed by atoms with Gasteiger partial charge < -0.3 is 10.2 Å². The second kappa shape index (κ2) is 7.49. The van der Waals surface area contributed by atoms with E-state index < -0.39 is 0 Å². The molecule has 0 radical (unpaired) electrons. The van der Waals surface area contributed by atoms with Crippen LogP contribution in [-0.2, 0) is 0 Å². The molecule has 0 amide bonds. The Morgan fingerprint density at radius 2 is 1.94 bits per heavy atom. The fourth-order valence-corrected chi connectivity index (χ4v) is 3.30. The SMILES string of the molecule is CCCNC(CN1CCCC(CC)CC1)C1CC1. The molecule has 1 heterocycles. The quantitative estimate of drug-likeness (QED) is 0.748. The molecule has 2 nitrogen and oxygen atoms in total. The summed E-state index contributed by atoms with van der Waals surface area (Å²) in [6.07, 6.45) is 9.89. The zero-order valence-electron chi connectivity index (χ0n) is 12.5. The summed E-state index contributed by atoms with van der Waals surface area (Å²) in [5.74, 6) is 1.99. The summed E-state index contributed by atoms with van der Waals surface area (Å²) >= 11 is 0. The van der Waals surface area contributed by atoms with Crippen LogP contribution >= 0.6 is 0 Å². The van der Waals surface area contributed by atoms with Crippen LogP contribution in [0.1, 0.15) is 58.8 Å². The average molecular weight is 252 g/mol. The van der Waals surface area contributed by atoms with Crippen LogP contribution in [-0.4, -0.2) is 37.1 Å². The van der Waals surface area contributed by atoms with Crippen molar-refractivity contribution in [2.75, 3.05) is 26.2 Å². The van der Waals surface area contributed by atoms with Crippen LogP contribution in [0, 0.1) is 11.8 Å². The van der Waals surface area contributed by atoms with Crippen molar-refractivity contribution in [3.8, 4) is 0 Å². The maximum Gasteiger partial charge on any atom is 0.0223 e.